The van der Waals surface area contributed by atoms with Gasteiger partial charge in [0.25, 0.3) is 0 Å². The van der Waals surface area contributed by atoms with Crippen LogP contribution in [0, 0.1) is 0 Å². The van der Waals surface area contributed by atoms with Crippen LogP contribution < -0.4 is 5.43 Å². The van der Waals surface area contributed by atoms with E-state index in [0.29, 0.717) is 0 Å². The summed E-state index contributed by atoms with van der Waals surface area (Å²) in [5.74, 6) is 1.89. The highest BCUT2D eigenvalue weighted by Gasteiger charge is 2.13. The van der Waals surface area contributed by atoms with Gasteiger partial charge in [-0.25, -0.2) is 0 Å². The lowest BCUT2D eigenvalue weighted by Crippen LogP contribution is -2.25. The van der Waals surface area contributed by atoms with Crippen molar-refractivity contribution in [2.24, 2.45) is 17.1 Å². The first kappa shape index (κ1) is 12.5. The van der Waals surface area contributed by atoms with Crippen LogP contribution in [0.2, 0.25) is 0 Å². The normalized spacial score (nSPS) is 18.0. The molecule has 0 fully saturated rings. The summed E-state index contributed by atoms with van der Waals surface area (Å²) in [5, 5.41) is 9.37. The van der Waals surface area contributed by atoms with Crippen LogP contribution in [0.25, 0.3) is 0 Å². The van der Waals surface area contributed by atoms with Gasteiger partial charge >= 0.3 is 0 Å². The number of rotatable bonds is 4. The third-order valence-corrected chi connectivity index (χ3v) is 3.72. The largest absolute Gasteiger partial charge is 0.275 e. The molecule has 0 saturated heterocycles. The van der Waals surface area contributed by atoms with Crippen molar-refractivity contribution >= 4 is 34.4 Å². The summed E-state index contributed by atoms with van der Waals surface area (Å²) in [6, 6.07) is 0. The number of hydrazone groups is 1. The van der Waals surface area contributed by atoms with Crippen LogP contribution in [0.3, 0.4) is 0 Å². The van der Waals surface area contributed by atoms with E-state index in [0.717, 1.165) is 34.5 Å². The summed E-state index contributed by atoms with van der Waals surface area (Å²) in [4.78, 5) is 4.43. The molecular formula is C10H15N5S2. The maximum Gasteiger partial charge on any atom is 0.177 e. The first-order valence-electron chi connectivity index (χ1n) is 5.27. The van der Waals surface area contributed by atoms with Crippen LogP contribution in [-0.2, 0) is 7.05 Å². The highest BCUT2D eigenvalue weighted by atomic mass is 32.2. The molecule has 7 heteroatoms. The summed E-state index contributed by atoms with van der Waals surface area (Å²) in [5.41, 5.74) is 5.08. The fourth-order valence-electron chi connectivity index (χ4n) is 1.35. The first-order chi connectivity index (χ1) is 8.29. The van der Waals surface area contributed by atoms with E-state index in [1.54, 1.807) is 28.2 Å². The van der Waals surface area contributed by atoms with E-state index in [1.807, 2.05) is 19.4 Å². The summed E-state index contributed by atoms with van der Waals surface area (Å²) in [7, 11) is 1.91. The van der Waals surface area contributed by atoms with Crippen LogP contribution in [0.1, 0.15) is 5.56 Å². The predicted molar refractivity (Wildman–Crippen MR) is 76.0 cm³/mol. The highest BCUT2D eigenvalue weighted by molar-refractivity contribution is 8.14. The van der Waals surface area contributed by atoms with E-state index in [1.165, 1.54) is 0 Å². The summed E-state index contributed by atoms with van der Waals surface area (Å²) < 4.78 is 1.78. The molecular weight excluding hydrogens is 254 g/mol. The lowest BCUT2D eigenvalue weighted by molar-refractivity contribution is 0.767. The predicted octanol–water partition coefficient (Wildman–Crippen LogP) is 1.18. The standard InChI is InChI=1S/C10H15N5S2/c1-15-6-8(5-12-15)9-7-17-10(14-13-9)11-3-4-16-2/h5-6H,3-4,7H2,1-2H3,(H,11,14). The Kier molecular flexibility index (Phi) is 4.49. The second-order valence-corrected chi connectivity index (χ2v) is 5.49. The van der Waals surface area contributed by atoms with Gasteiger partial charge in [-0.05, 0) is 6.26 Å². The first-order valence-corrected chi connectivity index (χ1v) is 7.65. The molecule has 0 radical (unpaired) electrons. The topological polar surface area (TPSA) is 54.6 Å². The van der Waals surface area contributed by atoms with Crippen molar-refractivity contribution < 1.29 is 0 Å². The number of nitrogens with one attached hydrogen (secondary N) is 1. The Morgan fingerprint density at radius 3 is 3.12 bits per heavy atom. The molecule has 0 bridgehead atoms. The molecule has 0 amide bonds. The smallest absolute Gasteiger partial charge is 0.177 e. The lowest BCUT2D eigenvalue weighted by atomic mass is 10.2. The van der Waals surface area contributed by atoms with Crippen molar-refractivity contribution in [1.29, 1.82) is 0 Å². The van der Waals surface area contributed by atoms with E-state index >= 15 is 0 Å². The van der Waals surface area contributed by atoms with Gasteiger partial charge in [-0.1, -0.05) is 11.8 Å². The van der Waals surface area contributed by atoms with Gasteiger partial charge in [-0.15, -0.1) is 0 Å². The average molecular weight is 269 g/mol. The summed E-state index contributed by atoms with van der Waals surface area (Å²) in [6.07, 6.45) is 5.88. The Labute approximate surface area is 109 Å². The Morgan fingerprint density at radius 1 is 1.65 bits per heavy atom. The molecule has 5 nitrogen and oxygen atoms in total. The molecule has 1 aliphatic rings. The molecule has 0 atom stereocenters. The zero-order valence-corrected chi connectivity index (χ0v) is 11.5. The van der Waals surface area contributed by atoms with Crippen molar-refractivity contribution in [2.75, 3.05) is 24.3 Å². The maximum absolute atomic E-state index is 4.43. The van der Waals surface area contributed by atoms with Gasteiger partial charge in [0, 0.05) is 30.3 Å². The molecule has 0 aliphatic carbocycles. The fourth-order valence-corrected chi connectivity index (χ4v) is 2.43. The minimum atomic E-state index is 0.842. The van der Waals surface area contributed by atoms with Gasteiger partial charge in [-0.3, -0.25) is 15.1 Å². The van der Waals surface area contributed by atoms with Crippen LogP contribution in [0.4, 0.5) is 0 Å². The molecule has 1 aromatic heterocycles. The number of aliphatic imine (C=N–C) groups is 1. The SMILES string of the molecule is CSCCN=C1NN=C(c2cnn(C)c2)CS1. The Morgan fingerprint density at radius 2 is 2.53 bits per heavy atom. The number of thioether (sulfide) groups is 2. The molecule has 0 saturated carbocycles. The number of aryl methyl sites for hydroxylation is 1. The average Bonchev–Trinajstić information content (AvgIpc) is 2.77. The number of hydrogen-bond acceptors (Lipinski definition) is 5. The maximum atomic E-state index is 4.43. The van der Waals surface area contributed by atoms with Crippen LogP contribution in [0.5, 0.6) is 0 Å². The van der Waals surface area contributed by atoms with Crippen molar-refractivity contribution in [3.63, 3.8) is 0 Å². The van der Waals surface area contributed by atoms with Gasteiger partial charge < -0.3 is 0 Å². The summed E-state index contributed by atoms with van der Waals surface area (Å²) in [6.45, 7) is 0.842. The van der Waals surface area contributed by atoms with E-state index in [-0.39, 0.29) is 0 Å². The van der Waals surface area contributed by atoms with Crippen LogP contribution in [0.15, 0.2) is 22.5 Å². The second kappa shape index (κ2) is 6.11. The van der Waals surface area contributed by atoms with Gasteiger partial charge in [-0.2, -0.15) is 22.0 Å². The Balaban J connectivity index is 1.95. The van der Waals surface area contributed by atoms with Crippen LogP contribution in [-0.4, -0.2) is 45.0 Å². The van der Waals surface area contributed by atoms with Gasteiger partial charge in [0.15, 0.2) is 5.17 Å². The number of amidine groups is 1. The molecule has 0 spiro atoms. The molecule has 1 N–H and O–H groups in total. The third-order valence-electron chi connectivity index (χ3n) is 2.22. The highest BCUT2D eigenvalue weighted by Crippen LogP contribution is 2.13. The lowest BCUT2D eigenvalue weighted by Gasteiger charge is -2.13. The van der Waals surface area contributed by atoms with Gasteiger partial charge in [0.2, 0.25) is 0 Å². The number of hydrogen-bond donors (Lipinski definition) is 1. The van der Waals surface area contributed by atoms with Crippen molar-refractivity contribution in [2.45, 2.75) is 0 Å². The molecule has 1 aromatic rings. The molecule has 2 rings (SSSR count). The fraction of sp³-hybridized carbons (Fsp3) is 0.500. The zero-order chi connectivity index (χ0) is 12.1. The monoisotopic (exact) mass is 269 g/mol. The molecule has 2 heterocycles. The van der Waals surface area contributed by atoms with Gasteiger partial charge in [0.05, 0.1) is 18.5 Å². The Bertz CT molecular complexity index is 438. The van der Waals surface area contributed by atoms with Crippen LogP contribution >= 0.6 is 23.5 Å². The van der Waals surface area contributed by atoms with E-state index in [9.17, 15) is 0 Å². The quantitative estimate of drug-likeness (QED) is 0.834. The number of nitrogens with zero attached hydrogens (tertiary/aromatic N) is 4. The van der Waals surface area contributed by atoms with E-state index in [4.69, 9.17) is 0 Å². The second-order valence-electron chi connectivity index (χ2n) is 3.54. The minimum absolute atomic E-state index is 0.842. The summed E-state index contributed by atoms with van der Waals surface area (Å²) >= 11 is 3.49. The van der Waals surface area contributed by atoms with Crippen molar-refractivity contribution in [3.05, 3.63) is 18.0 Å². The number of aromatic nitrogens is 2. The third kappa shape index (κ3) is 3.50. The Hall–Kier alpha value is -0.950. The molecule has 17 heavy (non-hydrogen) atoms. The molecule has 92 valence electrons. The van der Waals surface area contributed by atoms with E-state index in [2.05, 4.69) is 26.9 Å². The molecule has 0 aromatic carbocycles. The molecule has 1 aliphatic heterocycles. The zero-order valence-electron chi connectivity index (χ0n) is 9.88. The minimum Gasteiger partial charge on any atom is -0.275 e. The van der Waals surface area contributed by atoms with Gasteiger partial charge in [0.1, 0.15) is 0 Å². The van der Waals surface area contributed by atoms with Crippen molar-refractivity contribution in [3.8, 4) is 0 Å². The van der Waals surface area contributed by atoms with Crippen molar-refractivity contribution in [1.82, 2.24) is 15.2 Å². The molecule has 0 unspecified atom stereocenters. The van der Waals surface area contributed by atoms with E-state index < -0.39 is 0 Å².